The Morgan fingerprint density at radius 1 is 1.10 bits per heavy atom. The van der Waals surface area contributed by atoms with E-state index in [1.54, 1.807) is 46.3 Å². The SMILES string of the molecule is CCn1c(-c2cccnc2[C@H](C)OC)c2c3cc(ccc31)-c1cc(O)cc(c1)C[C@H](NC(=O)C(C(C)C)N(C)C(=O)CN(C)C(=O)[C@H]1CN1CCCC#N)C(=O)N1CCC[C@H](N1)C(=O)OCC(C)(C)C2. The summed E-state index contributed by atoms with van der Waals surface area (Å²) in [5, 5.41) is 25.6. The van der Waals surface area contributed by atoms with Gasteiger partial charge in [0.2, 0.25) is 17.7 Å². The minimum Gasteiger partial charge on any atom is -0.508 e. The molecule has 3 N–H and O–H groups in total. The Kier molecular flexibility index (Phi) is 16.0. The van der Waals surface area contributed by atoms with E-state index in [4.69, 9.17) is 19.7 Å². The second-order valence-electron chi connectivity index (χ2n) is 20.2. The van der Waals surface area contributed by atoms with Gasteiger partial charge in [-0.3, -0.25) is 38.9 Å². The number of aryl methyl sites for hydroxylation is 1. The molecule has 17 nitrogen and oxygen atoms in total. The molecular formula is C53H69N9O8. The topological polar surface area (TPSA) is 202 Å². The summed E-state index contributed by atoms with van der Waals surface area (Å²) < 4.78 is 14.2. The maximum Gasteiger partial charge on any atom is 0.324 e. The molecule has 3 aliphatic heterocycles. The van der Waals surface area contributed by atoms with Crippen molar-refractivity contribution in [1.29, 1.82) is 5.26 Å². The standard InChI is InChI=1S/C53H69N9O8/c1-10-61-43-18-17-35-27-39(43)40(48(61)38-15-13-20-55-46(38)33(4)69-9)28-53(5,6)31-70-52(68)41-16-14-22-62(57-41)50(66)42(25-34-23-36(35)26-37(63)24-34)56-49(65)47(32(2)3)59(8)45(64)30-58(7)51(67)44-29-60(44)21-12-11-19-54/h13,15,17-18,20,23-24,26-27,32-33,41-42,44,47,57,63H,10-12,14,16,21-22,25,28-31H2,1-9H3,(H,56,65)/t33-,41-,42-,44+,47?,60?/m0/s1. The van der Waals surface area contributed by atoms with Gasteiger partial charge in [-0.25, -0.2) is 5.43 Å². The molecule has 0 spiro atoms. The van der Waals surface area contributed by atoms with Crippen LogP contribution in [0.25, 0.3) is 33.3 Å². The van der Waals surface area contributed by atoms with Crippen LogP contribution < -0.4 is 10.7 Å². The van der Waals surface area contributed by atoms with Gasteiger partial charge < -0.3 is 34.3 Å². The van der Waals surface area contributed by atoms with Crippen molar-refractivity contribution in [3.63, 3.8) is 0 Å². The van der Waals surface area contributed by atoms with Crippen LogP contribution in [0.1, 0.15) is 90.2 Å². The number of hydrogen-bond donors (Lipinski definition) is 3. The number of hydrogen-bond acceptors (Lipinski definition) is 12. The van der Waals surface area contributed by atoms with Gasteiger partial charge in [0.15, 0.2) is 0 Å². The van der Waals surface area contributed by atoms with Crippen molar-refractivity contribution in [3.8, 4) is 34.2 Å². The first-order valence-corrected chi connectivity index (χ1v) is 24.5. The number of aromatic nitrogens is 2. The second-order valence-corrected chi connectivity index (χ2v) is 20.2. The van der Waals surface area contributed by atoms with Crippen LogP contribution in [-0.4, -0.2) is 142 Å². The first-order valence-electron chi connectivity index (χ1n) is 24.5. The van der Waals surface area contributed by atoms with Crippen LogP contribution in [0.3, 0.4) is 0 Å². The average molecular weight is 960 g/mol. The third-order valence-corrected chi connectivity index (χ3v) is 13.9. The van der Waals surface area contributed by atoms with Crippen LogP contribution in [-0.2, 0) is 52.8 Å². The fourth-order valence-electron chi connectivity index (χ4n) is 10.1. The van der Waals surface area contributed by atoms with Gasteiger partial charge in [0.25, 0.3) is 5.91 Å². The van der Waals surface area contributed by atoms with E-state index in [0.29, 0.717) is 62.9 Å². The molecule has 5 heterocycles. The fraction of sp³-hybridized carbons (Fsp3) is 0.528. The number of aromatic hydroxyl groups is 1. The fourth-order valence-corrected chi connectivity index (χ4v) is 10.1. The van der Waals surface area contributed by atoms with E-state index >= 15 is 0 Å². The summed E-state index contributed by atoms with van der Waals surface area (Å²) in [6, 6.07) is 14.1. The Balaban J connectivity index is 1.25. The number of nitrogens with one attached hydrogen (secondary N) is 2. The number of amides is 4. The van der Waals surface area contributed by atoms with Crippen LogP contribution in [0.2, 0.25) is 0 Å². The van der Waals surface area contributed by atoms with Gasteiger partial charge in [-0.05, 0) is 104 Å². The van der Waals surface area contributed by atoms with Gasteiger partial charge in [-0.15, -0.1) is 0 Å². The van der Waals surface area contributed by atoms with E-state index in [9.17, 15) is 29.1 Å². The summed E-state index contributed by atoms with van der Waals surface area (Å²) in [6.07, 6.45) is 3.94. The number of methoxy groups -OCH3 is 1. The number of likely N-dealkylation sites (N-methyl/N-ethyl adjacent to an activating group) is 2. The highest BCUT2D eigenvalue weighted by molar-refractivity contribution is 5.96. The van der Waals surface area contributed by atoms with Gasteiger partial charge in [-0.1, -0.05) is 39.8 Å². The molecule has 2 unspecified atom stereocenters. The average Bonchev–Trinajstić information content (AvgIpc) is 4.05. The van der Waals surface area contributed by atoms with Crippen LogP contribution in [0.5, 0.6) is 5.75 Å². The van der Waals surface area contributed by atoms with E-state index in [0.717, 1.165) is 39.0 Å². The second kappa shape index (κ2) is 21.7. The zero-order valence-electron chi connectivity index (χ0n) is 42.1. The molecule has 17 heteroatoms. The Bertz CT molecular complexity index is 2660. The minimum atomic E-state index is -1.20. The van der Waals surface area contributed by atoms with Crippen molar-refractivity contribution in [3.05, 3.63) is 71.5 Å². The number of fused-ring (bicyclic) bond motifs is 6. The molecule has 2 fully saturated rings. The van der Waals surface area contributed by atoms with Crippen molar-refractivity contribution < 1.29 is 38.6 Å². The number of benzene rings is 2. The molecule has 6 atom stereocenters. The lowest BCUT2D eigenvalue weighted by Crippen LogP contribution is -2.62. The molecule has 6 bridgehead atoms. The van der Waals surface area contributed by atoms with Crippen molar-refractivity contribution in [1.82, 2.24) is 40.0 Å². The summed E-state index contributed by atoms with van der Waals surface area (Å²) in [7, 11) is 4.74. The maximum atomic E-state index is 14.8. The number of hydrazine groups is 1. The Hall–Kier alpha value is -6.35. The predicted octanol–water partition coefficient (Wildman–Crippen LogP) is 5.38. The van der Waals surface area contributed by atoms with Gasteiger partial charge >= 0.3 is 5.97 Å². The zero-order valence-corrected chi connectivity index (χ0v) is 42.1. The summed E-state index contributed by atoms with van der Waals surface area (Å²) >= 11 is 0. The van der Waals surface area contributed by atoms with Crippen LogP contribution in [0, 0.1) is 22.7 Å². The largest absolute Gasteiger partial charge is 0.508 e. The van der Waals surface area contributed by atoms with Crippen molar-refractivity contribution in [2.24, 2.45) is 11.3 Å². The first kappa shape index (κ1) is 51.5. The molecule has 7 rings (SSSR count). The lowest BCUT2D eigenvalue weighted by Gasteiger charge is -2.37. The molecule has 0 radical (unpaired) electrons. The summed E-state index contributed by atoms with van der Waals surface area (Å²) in [4.78, 5) is 79.7. The van der Waals surface area contributed by atoms with E-state index in [2.05, 4.69) is 60.3 Å². The highest BCUT2D eigenvalue weighted by Crippen LogP contribution is 2.42. The lowest BCUT2D eigenvalue weighted by atomic mass is 9.84. The van der Waals surface area contributed by atoms with E-state index in [-0.39, 0.29) is 49.9 Å². The molecule has 374 valence electrons. The normalized spacial score (nSPS) is 21.0. The number of phenols is 1. The third kappa shape index (κ3) is 11.3. The number of nitrogens with zero attached hydrogens (tertiary/aromatic N) is 7. The summed E-state index contributed by atoms with van der Waals surface area (Å²) in [6.45, 7) is 13.7. The molecule has 4 amide bonds. The molecule has 2 saturated heterocycles. The van der Waals surface area contributed by atoms with Crippen LogP contribution >= 0.6 is 0 Å². The first-order chi connectivity index (χ1) is 33.4. The number of unbranched alkanes of at least 4 members (excludes halogenated alkanes) is 1. The molecule has 70 heavy (non-hydrogen) atoms. The van der Waals surface area contributed by atoms with E-state index in [1.165, 1.54) is 21.9 Å². The van der Waals surface area contributed by atoms with Gasteiger partial charge in [-0.2, -0.15) is 5.26 Å². The number of rotatable bonds is 14. The van der Waals surface area contributed by atoms with Crippen molar-refractivity contribution in [2.45, 2.75) is 117 Å². The third-order valence-electron chi connectivity index (χ3n) is 13.9. The maximum absolute atomic E-state index is 14.8. The van der Waals surface area contributed by atoms with E-state index < -0.39 is 53.1 Å². The predicted molar refractivity (Wildman–Crippen MR) is 265 cm³/mol. The highest BCUT2D eigenvalue weighted by Gasteiger charge is 2.43. The highest BCUT2D eigenvalue weighted by atomic mass is 16.5. The quantitative estimate of drug-likeness (QED) is 0.0829. The number of nitriles is 1. The molecule has 3 aliphatic rings. The smallest absolute Gasteiger partial charge is 0.324 e. The molecular weight excluding hydrogens is 891 g/mol. The molecule has 2 aromatic carbocycles. The van der Waals surface area contributed by atoms with Gasteiger partial charge in [0, 0.05) is 88.3 Å². The molecule has 4 aromatic rings. The molecule has 0 aliphatic carbocycles. The number of carbonyl (C=O) groups is 5. The van der Waals surface area contributed by atoms with Crippen molar-refractivity contribution in [2.75, 3.05) is 54.0 Å². The Morgan fingerprint density at radius 3 is 2.59 bits per heavy atom. The van der Waals surface area contributed by atoms with Crippen molar-refractivity contribution >= 4 is 40.5 Å². The summed E-state index contributed by atoms with van der Waals surface area (Å²) in [5.74, 6) is -2.66. The lowest BCUT2D eigenvalue weighted by molar-refractivity contribution is -0.155. The number of phenolic OH excluding ortho intramolecular Hbond substituents is 1. The summed E-state index contributed by atoms with van der Waals surface area (Å²) in [5.41, 5.74) is 9.42. The number of ether oxygens (including phenoxy) is 2. The van der Waals surface area contributed by atoms with Crippen LogP contribution in [0.15, 0.2) is 54.7 Å². The van der Waals surface area contributed by atoms with Gasteiger partial charge in [0.05, 0.1) is 36.7 Å². The Morgan fingerprint density at radius 2 is 1.87 bits per heavy atom. The number of carbonyl (C=O) groups excluding carboxylic acids is 5. The molecule has 0 saturated carbocycles. The monoisotopic (exact) mass is 960 g/mol. The Labute approximate surface area is 411 Å². The van der Waals surface area contributed by atoms with Gasteiger partial charge in [0.1, 0.15) is 29.9 Å². The number of pyridine rings is 1. The molecule has 2 aromatic heterocycles. The number of cyclic esters (lactones) is 1. The number of esters is 1. The minimum absolute atomic E-state index is 0.0271. The van der Waals surface area contributed by atoms with E-state index in [1.807, 2.05) is 30.0 Å². The zero-order chi connectivity index (χ0) is 50.6. The van der Waals surface area contributed by atoms with Crippen LogP contribution in [0.4, 0.5) is 0 Å².